The number of nitrogens with zero attached hydrogens (tertiary/aromatic N) is 5. The van der Waals surface area contributed by atoms with E-state index in [0.29, 0.717) is 65.1 Å². The number of likely N-dealkylation sites (tertiary alicyclic amines) is 1. The summed E-state index contributed by atoms with van der Waals surface area (Å²) in [6.07, 6.45) is 4.24. The summed E-state index contributed by atoms with van der Waals surface area (Å²) in [5.41, 5.74) is 6.19. The van der Waals surface area contributed by atoms with Gasteiger partial charge in [-0.3, -0.25) is 9.59 Å². The number of aromatic nitrogens is 3. The molecule has 2 aliphatic heterocycles. The summed E-state index contributed by atoms with van der Waals surface area (Å²) in [5, 5.41) is 8.46. The zero-order valence-corrected chi connectivity index (χ0v) is 35.0. The summed E-state index contributed by atoms with van der Waals surface area (Å²) in [6.45, 7) is 8.85. The molecule has 2 fully saturated rings. The Kier molecular flexibility index (Phi) is 12.3. The number of hydrogen-bond donors (Lipinski definition) is 2. The number of benzene rings is 2. The molecular weight excluding hydrogens is 777 g/mol. The van der Waals surface area contributed by atoms with Crippen molar-refractivity contribution in [1.82, 2.24) is 35.0 Å². The lowest BCUT2D eigenvalue weighted by Gasteiger charge is -2.29. The van der Waals surface area contributed by atoms with Crippen LogP contribution in [-0.2, 0) is 34.5 Å². The van der Waals surface area contributed by atoms with Gasteiger partial charge in [-0.2, -0.15) is 0 Å². The highest BCUT2D eigenvalue weighted by Gasteiger charge is 2.30. The second-order valence-corrected chi connectivity index (χ2v) is 16.6. The van der Waals surface area contributed by atoms with Gasteiger partial charge in [-0.25, -0.2) is 14.8 Å². The van der Waals surface area contributed by atoms with Crippen LogP contribution in [0.2, 0.25) is 10.0 Å². The molecule has 1 atom stereocenters. The van der Waals surface area contributed by atoms with Crippen LogP contribution in [0.15, 0.2) is 66.9 Å². The van der Waals surface area contributed by atoms with Crippen molar-refractivity contribution in [3.63, 3.8) is 0 Å². The lowest BCUT2D eigenvalue weighted by atomic mass is 9.98. The third-order valence-corrected chi connectivity index (χ3v) is 11.3. The van der Waals surface area contributed by atoms with E-state index in [2.05, 4.69) is 22.9 Å². The van der Waals surface area contributed by atoms with Gasteiger partial charge in [0.15, 0.2) is 0 Å². The van der Waals surface area contributed by atoms with Crippen LogP contribution in [0, 0.1) is 0 Å². The van der Waals surface area contributed by atoms with E-state index in [1.165, 1.54) is 7.11 Å². The van der Waals surface area contributed by atoms with Crippen LogP contribution in [0.25, 0.3) is 44.7 Å². The molecule has 304 valence electrons. The van der Waals surface area contributed by atoms with Crippen molar-refractivity contribution in [2.75, 3.05) is 33.3 Å². The second kappa shape index (κ2) is 17.4. The maximum Gasteiger partial charge on any atom is 0.410 e. The first-order valence-electron chi connectivity index (χ1n) is 19.6. The number of amides is 3. The molecule has 2 aromatic carbocycles. The average molecular weight is 827 g/mol. The van der Waals surface area contributed by atoms with Gasteiger partial charge in [0.1, 0.15) is 11.2 Å². The molecule has 3 aromatic heterocycles. The third kappa shape index (κ3) is 9.09. The largest absolute Gasteiger partial charge is 0.481 e. The van der Waals surface area contributed by atoms with E-state index in [1.807, 2.05) is 91.9 Å². The summed E-state index contributed by atoms with van der Waals surface area (Å²) in [5.74, 6) is 0.543. The zero-order valence-electron chi connectivity index (χ0n) is 33.5. The molecule has 0 bridgehead atoms. The monoisotopic (exact) mass is 825 g/mol. The summed E-state index contributed by atoms with van der Waals surface area (Å²) >= 11 is 14.4. The number of methoxy groups -OCH3 is 1. The Hall–Kier alpha value is -5.17. The molecule has 2 saturated heterocycles. The van der Waals surface area contributed by atoms with E-state index >= 15 is 0 Å². The highest BCUT2D eigenvalue weighted by atomic mass is 35.5. The molecule has 3 amide bonds. The molecule has 0 radical (unpaired) electrons. The highest BCUT2D eigenvalue weighted by Crippen LogP contribution is 2.42. The maximum atomic E-state index is 13.3. The number of ether oxygens (including phenoxy) is 2. The van der Waals surface area contributed by atoms with Crippen molar-refractivity contribution in [2.24, 2.45) is 7.05 Å². The molecule has 5 heterocycles. The lowest BCUT2D eigenvalue weighted by Crippen LogP contribution is -2.43. The molecule has 0 aliphatic carbocycles. The molecule has 2 aliphatic rings. The summed E-state index contributed by atoms with van der Waals surface area (Å²) in [6, 6.07) is 19.2. The molecule has 12 nitrogen and oxygen atoms in total. The molecular formula is C44H49Cl2N7O5. The number of pyridine rings is 2. The third-order valence-electron chi connectivity index (χ3n) is 10.5. The highest BCUT2D eigenvalue weighted by molar-refractivity contribution is 6.39. The van der Waals surface area contributed by atoms with Crippen LogP contribution in [0.5, 0.6) is 5.88 Å². The Labute approximate surface area is 348 Å². The number of hydrogen-bond acceptors (Lipinski definition) is 8. The van der Waals surface area contributed by atoms with Gasteiger partial charge in [0.05, 0.1) is 35.1 Å². The number of carbonyl (C=O) groups excluding carboxylic acids is 3. The average Bonchev–Trinajstić information content (AvgIpc) is 3.89. The number of nitrogens with one attached hydrogen (secondary N) is 2. The van der Waals surface area contributed by atoms with Gasteiger partial charge in [0.25, 0.3) is 0 Å². The molecule has 14 heteroatoms. The van der Waals surface area contributed by atoms with E-state index in [1.54, 1.807) is 4.90 Å². The van der Waals surface area contributed by atoms with Crippen LogP contribution >= 0.6 is 23.2 Å². The Morgan fingerprint density at radius 2 is 1.60 bits per heavy atom. The van der Waals surface area contributed by atoms with Crippen molar-refractivity contribution < 1.29 is 23.9 Å². The number of halogens is 2. The SMILES string of the molecule is COc1nc(-c2cccc(-c3cccc(-c4ccc5c(CNCCN6CCCC6=O)cn(C)c5n4)c3Cl)c2Cl)ccc1CN(C[C@@H]1CCC(=O)N1)C(=O)OC(C)(C)C. The molecule has 5 aromatic rings. The molecule has 58 heavy (non-hydrogen) atoms. The molecule has 0 unspecified atom stereocenters. The van der Waals surface area contributed by atoms with Gasteiger partial charge in [-0.05, 0) is 63.4 Å². The van der Waals surface area contributed by atoms with Gasteiger partial charge in [0.2, 0.25) is 17.7 Å². The fourth-order valence-electron chi connectivity index (χ4n) is 7.61. The van der Waals surface area contributed by atoms with Gasteiger partial charge >= 0.3 is 6.09 Å². The molecule has 7 rings (SSSR count). The van der Waals surface area contributed by atoms with E-state index in [4.69, 9.17) is 42.6 Å². The minimum Gasteiger partial charge on any atom is -0.481 e. The van der Waals surface area contributed by atoms with Crippen molar-refractivity contribution in [1.29, 1.82) is 0 Å². The molecule has 0 spiro atoms. The minimum absolute atomic E-state index is 0.0296. The topological polar surface area (TPSA) is 131 Å². The Morgan fingerprint density at radius 3 is 2.22 bits per heavy atom. The van der Waals surface area contributed by atoms with Crippen molar-refractivity contribution in [3.05, 3.63) is 88.0 Å². The fourth-order valence-corrected chi connectivity index (χ4v) is 8.26. The zero-order chi connectivity index (χ0) is 41.1. The van der Waals surface area contributed by atoms with Gasteiger partial charge < -0.3 is 34.5 Å². The van der Waals surface area contributed by atoms with Crippen molar-refractivity contribution >= 4 is 52.1 Å². The van der Waals surface area contributed by atoms with Crippen LogP contribution in [0.1, 0.15) is 57.6 Å². The van der Waals surface area contributed by atoms with E-state index in [-0.39, 0.29) is 30.9 Å². The van der Waals surface area contributed by atoms with E-state index in [9.17, 15) is 14.4 Å². The van der Waals surface area contributed by atoms with E-state index < -0.39 is 11.7 Å². The normalized spacial score (nSPS) is 15.6. The first-order valence-corrected chi connectivity index (χ1v) is 20.4. The lowest BCUT2D eigenvalue weighted by molar-refractivity contribution is -0.127. The van der Waals surface area contributed by atoms with Crippen LogP contribution in [0.3, 0.4) is 0 Å². The predicted octanol–water partition coefficient (Wildman–Crippen LogP) is 8.01. The Balaban J connectivity index is 1.12. The summed E-state index contributed by atoms with van der Waals surface area (Å²) in [7, 11) is 3.52. The Morgan fingerprint density at radius 1 is 0.931 bits per heavy atom. The first kappa shape index (κ1) is 41.0. The number of carbonyl (C=O) groups is 3. The predicted molar refractivity (Wildman–Crippen MR) is 227 cm³/mol. The fraction of sp³-hybridized carbons (Fsp3) is 0.386. The minimum atomic E-state index is -0.698. The molecule has 0 saturated carbocycles. The van der Waals surface area contributed by atoms with Crippen LogP contribution in [0.4, 0.5) is 4.79 Å². The summed E-state index contributed by atoms with van der Waals surface area (Å²) < 4.78 is 13.5. The van der Waals surface area contributed by atoms with Crippen LogP contribution < -0.4 is 15.4 Å². The van der Waals surface area contributed by atoms with Gasteiger partial charge in [0, 0.05) is 98.1 Å². The van der Waals surface area contributed by atoms with Crippen LogP contribution in [-0.4, -0.2) is 87.2 Å². The van der Waals surface area contributed by atoms with E-state index in [0.717, 1.165) is 58.5 Å². The molecule has 2 N–H and O–H groups in total. The Bertz CT molecular complexity index is 2360. The summed E-state index contributed by atoms with van der Waals surface area (Å²) in [4.78, 5) is 50.6. The second-order valence-electron chi connectivity index (χ2n) is 15.9. The van der Waals surface area contributed by atoms with Crippen molar-refractivity contribution in [3.8, 4) is 39.5 Å². The first-order chi connectivity index (χ1) is 27.8. The maximum absolute atomic E-state index is 13.3. The van der Waals surface area contributed by atoms with Gasteiger partial charge in [-0.1, -0.05) is 59.6 Å². The number of aryl methyl sites for hydroxylation is 1. The number of fused-ring (bicyclic) bond motifs is 1. The quantitative estimate of drug-likeness (QED) is 0.114. The standard InChI is InChI=1S/C44H49Cl2N7O5/c1-44(2,3)58-43(56)53(26-29-15-19-37(54)48-29)25-27-14-17-36(50-42(27)57-5)34-12-7-10-32(40(34)46)31-9-6-11-33(39(31)45)35-18-16-30-28(24-51(4)41(30)49-35)23-47-20-22-52-21-8-13-38(52)55/h6-7,9-12,14,16-18,24,29,47H,8,13,15,19-23,25-26H2,1-5H3,(H,48,54)/t29-/m0/s1. The number of rotatable bonds is 13. The van der Waals surface area contributed by atoms with Crippen molar-refractivity contribution in [2.45, 2.75) is 71.2 Å². The smallest absolute Gasteiger partial charge is 0.410 e. The van der Waals surface area contributed by atoms with Gasteiger partial charge in [-0.15, -0.1) is 0 Å².